The minimum Gasteiger partial charge on any atom is -0.295 e. The summed E-state index contributed by atoms with van der Waals surface area (Å²) >= 11 is 9.57. The van der Waals surface area contributed by atoms with E-state index >= 15 is 0 Å². The summed E-state index contributed by atoms with van der Waals surface area (Å²) in [4.78, 5) is 2.36. The quantitative estimate of drug-likeness (QED) is 0.767. The first-order valence-corrected chi connectivity index (χ1v) is 6.94. The second-order valence-corrected chi connectivity index (χ2v) is 5.21. The Labute approximate surface area is 109 Å². The zero-order valence-electron chi connectivity index (χ0n) is 8.93. The van der Waals surface area contributed by atoms with Gasteiger partial charge in [0.2, 0.25) is 0 Å². The molecule has 0 aliphatic carbocycles. The Hall–Kier alpha value is -0.120. The maximum Gasteiger partial charge on any atom is 0.123 e. The lowest BCUT2D eigenvalue weighted by atomic mass is 10.2. The van der Waals surface area contributed by atoms with E-state index in [1.807, 2.05) is 0 Å². The van der Waals surface area contributed by atoms with Crippen LogP contribution in [0, 0.1) is 5.82 Å². The van der Waals surface area contributed by atoms with Crippen LogP contribution in [0.15, 0.2) is 18.2 Å². The highest BCUT2D eigenvalue weighted by Crippen LogP contribution is 2.25. The van der Waals surface area contributed by atoms with Crippen LogP contribution in [0.25, 0.3) is 0 Å². The van der Waals surface area contributed by atoms with Crippen molar-refractivity contribution in [3.8, 4) is 0 Å². The van der Waals surface area contributed by atoms with E-state index in [9.17, 15) is 4.39 Å². The maximum atomic E-state index is 13.1. The van der Waals surface area contributed by atoms with Crippen LogP contribution in [0.3, 0.4) is 0 Å². The predicted molar refractivity (Wildman–Crippen MR) is 68.6 cm³/mol. The fourth-order valence-corrected chi connectivity index (χ4v) is 3.07. The van der Waals surface area contributed by atoms with Crippen LogP contribution in [-0.4, -0.2) is 22.8 Å². The summed E-state index contributed by atoms with van der Waals surface area (Å²) in [6.45, 7) is 1.82. The van der Waals surface area contributed by atoms with Crippen molar-refractivity contribution in [3.05, 3.63) is 34.6 Å². The van der Waals surface area contributed by atoms with Crippen LogP contribution in [0.2, 0.25) is 5.02 Å². The lowest BCUT2D eigenvalue weighted by molar-refractivity contribution is 0.264. The topological polar surface area (TPSA) is 3.24 Å². The lowest BCUT2D eigenvalue weighted by Gasteiger charge is -2.23. The smallest absolute Gasteiger partial charge is 0.123 e. The van der Waals surface area contributed by atoms with Crippen molar-refractivity contribution in [3.63, 3.8) is 0 Å². The van der Waals surface area contributed by atoms with E-state index < -0.39 is 0 Å². The van der Waals surface area contributed by atoms with Gasteiger partial charge in [0.1, 0.15) is 5.82 Å². The number of nitrogens with zero attached hydrogens (tertiary/aromatic N) is 1. The Kier molecular flexibility index (Phi) is 4.22. The van der Waals surface area contributed by atoms with E-state index in [0.29, 0.717) is 11.1 Å². The molecular weight excluding hydrogens is 292 g/mol. The molecule has 0 aromatic heterocycles. The Balaban J connectivity index is 2.11. The largest absolute Gasteiger partial charge is 0.295 e. The van der Waals surface area contributed by atoms with Crippen molar-refractivity contribution in [1.82, 2.24) is 4.90 Å². The third-order valence-corrected chi connectivity index (χ3v) is 4.17. The number of alkyl halides is 1. The van der Waals surface area contributed by atoms with Gasteiger partial charge in [-0.2, -0.15) is 0 Å². The fourth-order valence-electron chi connectivity index (χ4n) is 2.16. The first-order valence-electron chi connectivity index (χ1n) is 5.44. The predicted octanol–water partition coefficient (Wildman–Crippen LogP) is 3.84. The zero-order chi connectivity index (χ0) is 11.5. The van der Waals surface area contributed by atoms with Crippen LogP contribution in [0.1, 0.15) is 18.4 Å². The Morgan fingerprint density at radius 1 is 1.50 bits per heavy atom. The molecule has 4 heteroatoms. The van der Waals surface area contributed by atoms with Crippen molar-refractivity contribution in [1.29, 1.82) is 0 Å². The number of benzene rings is 1. The molecule has 0 bridgehead atoms. The summed E-state index contributed by atoms with van der Waals surface area (Å²) in [6, 6.07) is 5.12. The van der Waals surface area contributed by atoms with E-state index in [2.05, 4.69) is 20.8 Å². The van der Waals surface area contributed by atoms with Gasteiger partial charge in [0, 0.05) is 22.9 Å². The van der Waals surface area contributed by atoms with Gasteiger partial charge in [-0.25, -0.2) is 4.39 Å². The van der Waals surface area contributed by atoms with Crippen molar-refractivity contribution < 1.29 is 4.39 Å². The van der Waals surface area contributed by atoms with E-state index in [1.165, 1.54) is 25.0 Å². The molecule has 1 saturated heterocycles. The van der Waals surface area contributed by atoms with Gasteiger partial charge in [-0.1, -0.05) is 27.5 Å². The minimum absolute atomic E-state index is 0.214. The van der Waals surface area contributed by atoms with Crippen LogP contribution in [-0.2, 0) is 6.54 Å². The third-order valence-electron chi connectivity index (χ3n) is 3.06. The highest BCUT2D eigenvalue weighted by molar-refractivity contribution is 9.09. The second-order valence-electron chi connectivity index (χ2n) is 4.16. The summed E-state index contributed by atoms with van der Waals surface area (Å²) in [5.41, 5.74) is 0.884. The van der Waals surface area contributed by atoms with Gasteiger partial charge < -0.3 is 0 Å². The van der Waals surface area contributed by atoms with Gasteiger partial charge in [0.15, 0.2) is 0 Å². The van der Waals surface area contributed by atoms with Gasteiger partial charge in [0.05, 0.1) is 0 Å². The first kappa shape index (κ1) is 12.3. The molecule has 0 amide bonds. The number of rotatable bonds is 3. The lowest BCUT2D eigenvalue weighted by Crippen LogP contribution is -2.30. The third kappa shape index (κ3) is 2.76. The van der Waals surface area contributed by atoms with Gasteiger partial charge in [0.25, 0.3) is 0 Å². The molecule has 1 unspecified atom stereocenters. The number of hydrogen-bond acceptors (Lipinski definition) is 1. The molecule has 1 atom stereocenters. The number of halogens is 3. The summed E-state index contributed by atoms with van der Waals surface area (Å²) in [5.74, 6) is -0.214. The Morgan fingerprint density at radius 2 is 2.31 bits per heavy atom. The summed E-state index contributed by atoms with van der Waals surface area (Å²) in [5, 5.41) is 1.63. The van der Waals surface area contributed by atoms with Crippen LogP contribution >= 0.6 is 27.5 Å². The first-order chi connectivity index (χ1) is 7.70. The normalized spacial score (nSPS) is 21.6. The molecule has 16 heavy (non-hydrogen) atoms. The molecule has 88 valence electrons. The van der Waals surface area contributed by atoms with Crippen molar-refractivity contribution >= 4 is 27.5 Å². The van der Waals surface area contributed by atoms with Crippen molar-refractivity contribution in [2.45, 2.75) is 25.4 Å². The van der Waals surface area contributed by atoms with Crippen molar-refractivity contribution in [2.75, 3.05) is 11.9 Å². The number of hydrogen-bond donors (Lipinski definition) is 0. The fraction of sp³-hybridized carbons (Fsp3) is 0.500. The molecular formula is C12H14BrClFN. The molecule has 0 saturated carbocycles. The van der Waals surface area contributed by atoms with E-state index in [0.717, 1.165) is 24.0 Å². The van der Waals surface area contributed by atoms with E-state index in [1.54, 1.807) is 6.07 Å². The molecule has 1 heterocycles. The Bertz CT molecular complexity index is 372. The standard InChI is InChI=1S/C12H14BrClFN/c13-7-11-2-1-5-16(11)8-9-6-10(15)3-4-12(9)14/h3-4,6,11H,1-2,5,7-8H2. The molecule has 2 rings (SSSR count). The molecule has 0 N–H and O–H groups in total. The molecule has 1 aromatic rings. The highest BCUT2D eigenvalue weighted by atomic mass is 79.9. The maximum absolute atomic E-state index is 13.1. The summed E-state index contributed by atoms with van der Waals surface area (Å²) < 4.78 is 13.1. The van der Waals surface area contributed by atoms with Gasteiger partial charge in [-0.05, 0) is 43.1 Å². The van der Waals surface area contributed by atoms with Gasteiger partial charge in [-0.15, -0.1) is 0 Å². The molecule has 1 nitrogen and oxygen atoms in total. The molecule has 1 aliphatic heterocycles. The second kappa shape index (κ2) is 5.48. The van der Waals surface area contributed by atoms with Crippen LogP contribution < -0.4 is 0 Å². The SMILES string of the molecule is Fc1ccc(Cl)c(CN2CCCC2CBr)c1. The molecule has 1 aromatic carbocycles. The average Bonchev–Trinajstić information content (AvgIpc) is 2.71. The van der Waals surface area contributed by atoms with E-state index in [4.69, 9.17) is 11.6 Å². The summed E-state index contributed by atoms with van der Waals surface area (Å²) in [6.07, 6.45) is 2.42. The molecule has 0 radical (unpaired) electrons. The monoisotopic (exact) mass is 305 g/mol. The average molecular weight is 307 g/mol. The highest BCUT2D eigenvalue weighted by Gasteiger charge is 2.23. The minimum atomic E-state index is -0.214. The Morgan fingerprint density at radius 3 is 3.06 bits per heavy atom. The zero-order valence-corrected chi connectivity index (χ0v) is 11.3. The molecule has 1 aliphatic rings. The summed E-state index contributed by atoms with van der Waals surface area (Å²) in [7, 11) is 0. The van der Waals surface area contributed by atoms with Crippen molar-refractivity contribution in [2.24, 2.45) is 0 Å². The van der Waals surface area contributed by atoms with E-state index in [-0.39, 0.29) is 5.82 Å². The van der Waals surface area contributed by atoms with Crippen LogP contribution in [0.5, 0.6) is 0 Å². The number of likely N-dealkylation sites (tertiary alicyclic amines) is 1. The molecule has 1 fully saturated rings. The van der Waals surface area contributed by atoms with Gasteiger partial charge >= 0.3 is 0 Å². The van der Waals surface area contributed by atoms with Crippen LogP contribution in [0.4, 0.5) is 4.39 Å². The van der Waals surface area contributed by atoms with Gasteiger partial charge in [-0.3, -0.25) is 4.90 Å². The molecule has 0 spiro atoms.